The van der Waals surface area contributed by atoms with E-state index in [0.29, 0.717) is 27.0 Å². The summed E-state index contributed by atoms with van der Waals surface area (Å²) < 4.78 is 5.27. The lowest BCUT2D eigenvalue weighted by Gasteiger charge is -2.09. The number of carbonyl (C=O) groups is 2. The maximum absolute atomic E-state index is 12.2. The Labute approximate surface area is 130 Å². The van der Waals surface area contributed by atoms with Gasteiger partial charge >= 0.3 is 5.97 Å². The number of benzene rings is 2. The van der Waals surface area contributed by atoms with E-state index in [1.165, 1.54) is 7.11 Å². The lowest BCUT2D eigenvalue weighted by atomic mass is 10.1. The van der Waals surface area contributed by atoms with Crippen LogP contribution < -0.4 is 11.1 Å². The maximum Gasteiger partial charge on any atom is 0.337 e. The maximum atomic E-state index is 12.2. The van der Waals surface area contributed by atoms with Gasteiger partial charge in [-0.25, -0.2) is 4.79 Å². The molecule has 6 heteroatoms. The summed E-state index contributed by atoms with van der Waals surface area (Å²) in [5.74, 6) is -0.747. The van der Waals surface area contributed by atoms with Crippen molar-refractivity contribution in [3.63, 3.8) is 0 Å². The highest BCUT2D eigenvalue weighted by atomic mass is 79.9. The van der Waals surface area contributed by atoms with Crippen LogP contribution in [0.2, 0.25) is 0 Å². The largest absolute Gasteiger partial charge is 0.465 e. The molecule has 21 heavy (non-hydrogen) atoms. The minimum Gasteiger partial charge on any atom is -0.465 e. The summed E-state index contributed by atoms with van der Waals surface area (Å²) in [6.07, 6.45) is 0. The molecule has 0 aliphatic carbocycles. The van der Waals surface area contributed by atoms with Crippen molar-refractivity contribution in [2.75, 3.05) is 18.2 Å². The third-order valence-electron chi connectivity index (χ3n) is 2.86. The highest BCUT2D eigenvalue weighted by Crippen LogP contribution is 2.24. The van der Waals surface area contributed by atoms with Crippen LogP contribution >= 0.6 is 15.9 Å². The summed E-state index contributed by atoms with van der Waals surface area (Å²) in [7, 11) is 1.31. The fourth-order valence-electron chi connectivity index (χ4n) is 1.74. The van der Waals surface area contributed by atoms with Crippen molar-refractivity contribution in [1.82, 2.24) is 0 Å². The van der Waals surface area contributed by atoms with Crippen molar-refractivity contribution in [1.29, 1.82) is 0 Å². The Morgan fingerprint density at radius 3 is 2.43 bits per heavy atom. The topological polar surface area (TPSA) is 81.4 Å². The van der Waals surface area contributed by atoms with E-state index in [-0.39, 0.29) is 5.91 Å². The van der Waals surface area contributed by atoms with Gasteiger partial charge in [0.05, 0.1) is 23.9 Å². The number of methoxy groups -OCH3 is 1. The number of amides is 1. The summed E-state index contributed by atoms with van der Waals surface area (Å²) in [4.78, 5) is 23.5. The van der Waals surface area contributed by atoms with Gasteiger partial charge in [0.2, 0.25) is 0 Å². The van der Waals surface area contributed by atoms with Crippen molar-refractivity contribution in [2.45, 2.75) is 0 Å². The quantitative estimate of drug-likeness (QED) is 0.659. The van der Waals surface area contributed by atoms with E-state index < -0.39 is 5.97 Å². The molecule has 2 aromatic rings. The van der Waals surface area contributed by atoms with Crippen LogP contribution in [-0.2, 0) is 4.74 Å². The number of anilines is 2. The number of para-hydroxylation sites is 1. The zero-order valence-corrected chi connectivity index (χ0v) is 12.8. The Morgan fingerprint density at radius 2 is 1.81 bits per heavy atom. The van der Waals surface area contributed by atoms with Crippen molar-refractivity contribution in [2.24, 2.45) is 0 Å². The molecule has 2 aromatic carbocycles. The normalized spacial score (nSPS) is 10.0. The Hall–Kier alpha value is -2.34. The second-order valence-electron chi connectivity index (χ2n) is 4.22. The van der Waals surface area contributed by atoms with Gasteiger partial charge in [-0.2, -0.15) is 0 Å². The van der Waals surface area contributed by atoms with Gasteiger partial charge in [0.25, 0.3) is 5.91 Å². The molecule has 0 unspecified atom stereocenters. The number of nitrogens with two attached hydrogens (primary N) is 1. The predicted octanol–water partition coefficient (Wildman–Crippen LogP) is 3.07. The number of nitrogens with one attached hydrogen (secondary N) is 1. The molecule has 1 amide bonds. The lowest BCUT2D eigenvalue weighted by Crippen LogP contribution is -2.14. The molecule has 0 bridgehead atoms. The Morgan fingerprint density at radius 1 is 1.14 bits per heavy atom. The first kappa shape index (κ1) is 15.1. The number of hydrogen-bond acceptors (Lipinski definition) is 4. The third kappa shape index (κ3) is 3.41. The second kappa shape index (κ2) is 6.41. The van der Waals surface area contributed by atoms with Gasteiger partial charge in [0.1, 0.15) is 0 Å². The fraction of sp³-hybridized carbons (Fsp3) is 0.0667. The van der Waals surface area contributed by atoms with Crippen molar-refractivity contribution >= 4 is 39.2 Å². The van der Waals surface area contributed by atoms with E-state index in [1.54, 1.807) is 42.5 Å². The van der Waals surface area contributed by atoms with Crippen LogP contribution in [-0.4, -0.2) is 19.0 Å². The molecular formula is C15H13BrN2O3. The summed E-state index contributed by atoms with van der Waals surface area (Å²) in [5, 5.41) is 2.72. The molecule has 2 rings (SSSR count). The molecule has 0 aliphatic rings. The minimum absolute atomic E-state index is 0.320. The summed E-state index contributed by atoms with van der Waals surface area (Å²) in [5.41, 5.74) is 7.58. The van der Waals surface area contributed by atoms with E-state index in [2.05, 4.69) is 26.0 Å². The number of ether oxygens (including phenoxy) is 1. The van der Waals surface area contributed by atoms with Gasteiger partial charge in [0, 0.05) is 10.2 Å². The van der Waals surface area contributed by atoms with Crippen molar-refractivity contribution < 1.29 is 14.3 Å². The number of esters is 1. The van der Waals surface area contributed by atoms with Gasteiger partial charge in [-0.1, -0.05) is 6.07 Å². The molecular weight excluding hydrogens is 336 g/mol. The molecule has 3 N–H and O–H groups in total. The average molecular weight is 349 g/mol. The Bertz CT molecular complexity index is 684. The van der Waals surface area contributed by atoms with Crippen LogP contribution in [0.3, 0.4) is 0 Å². The van der Waals surface area contributed by atoms with Crippen LogP contribution in [0.15, 0.2) is 46.9 Å². The Balaban J connectivity index is 2.16. The monoisotopic (exact) mass is 348 g/mol. The highest BCUT2D eigenvalue weighted by Gasteiger charge is 2.12. The van der Waals surface area contributed by atoms with Gasteiger partial charge < -0.3 is 15.8 Å². The molecule has 5 nitrogen and oxygen atoms in total. The van der Waals surface area contributed by atoms with Gasteiger partial charge in [0.15, 0.2) is 0 Å². The zero-order chi connectivity index (χ0) is 15.4. The first-order chi connectivity index (χ1) is 10.0. The standard InChI is InChI=1S/C15H13BrN2O3/c1-21-15(20)9-5-7-10(8-6-9)18-14(19)11-3-2-4-12(16)13(11)17/h2-8H,17H2,1H3,(H,18,19). The van der Waals surface area contributed by atoms with Crippen molar-refractivity contribution in [3.05, 3.63) is 58.1 Å². The molecule has 0 heterocycles. The molecule has 0 aliphatic heterocycles. The number of rotatable bonds is 3. The lowest BCUT2D eigenvalue weighted by molar-refractivity contribution is 0.0600. The van der Waals surface area contributed by atoms with Crippen LogP contribution in [0.25, 0.3) is 0 Å². The fourth-order valence-corrected chi connectivity index (χ4v) is 2.11. The van der Waals surface area contributed by atoms with E-state index in [1.807, 2.05) is 0 Å². The van der Waals surface area contributed by atoms with Crippen LogP contribution in [0.5, 0.6) is 0 Å². The molecule has 0 radical (unpaired) electrons. The average Bonchev–Trinajstić information content (AvgIpc) is 2.50. The highest BCUT2D eigenvalue weighted by molar-refractivity contribution is 9.10. The minimum atomic E-state index is -0.427. The second-order valence-corrected chi connectivity index (χ2v) is 5.08. The number of hydrogen-bond donors (Lipinski definition) is 2. The van der Waals surface area contributed by atoms with Gasteiger partial charge in [-0.3, -0.25) is 4.79 Å². The van der Waals surface area contributed by atoms with Gasteiger partial charge in [-0.05, 0) is 52.3 Å². The van der Waals surface area contributed by atoms with Crippen LogP contribution in [0.4, 0.5) is 11.4 Å². The van der Waals surface area contributed by atoms with E-state index >= 15 is 0 Å². The Kier molecular flexibility index (Phi) is 4.59. The number of carbonyl (C=O) groups excluding carboxylic acids is 2. The van der Waals surface area contributed by atoms with Crippen LogP contribution in [0.1, 0.15) is 20.7 Å². The van der Waals surface area contributed by atoms with Crippen LogP contribution in [0, 0.1) is 0 Å². The predicted molar refractivity (Wildman–Crippen MR) is 84.3 cm³/mol. The van der Waals surface area contributed by atoms with Gasteiger partial charge in [-0.15, -0.1) is 0 Å². The first-order valence-corrected chi connectivity index (χ1v) is 6.86. The summed E-state index contributed by atoms with van der Waals surface area (Å²) in [6.45, 7) is 0. The molecule has 0 atom stereocenters. The van der Waals surface area contributed by atoms with E-state index in [0.717, 1.165) is 0 Å². The smallest absolute Gasteiger partial charge is 0.337 e. The number of halogens is 1. The van der Waals surface area contributed by atoms with E-state index in [9.17, 15) is 9.59 Å². The molecule has 0 saturated heterocycles. The molecule has 0 aromatic heterocycles. The molecule has 0 spiro atoms. The number of nitrogen functional groups attached to an aromatic ring is 1. The zero-order valence-electron chi connectivity index (χ0n) is 11.2. The summed E-state index contributed by atoms with van der Waals surface area (Å²) in [6, 6.07) is 11.5. The van der Waals surface area contributed by atoms with Crippen molar-refractivity contribution in [3.8, 4) is 0 Å². The van der Waals surface area contributed by atoms with E-state index in [4.69, 9.17) is 5.73 Å². The molecule has 108 valence electrons. The first-order valence-electron chi connectivity index (χ1n) is 6.06. The summed E-state index contributed by atoms with van der Waals surface area (Å²) >= 11 is 3.28. The molecule has 0 saturated carbocycles. The molecule has 0 fully saturated rings. The third-order valence-corrected chi connectivity index (χ3v) is 3.55. The SMILES string of the molecule is COC(=O)c1ccc(NC(=O)c2cccc(Br)c2N)cc1.